The summed E-state index contributed by atoms with van der Waals surface area (Å²) < 4.78 is 16.8. The molecule has 0 heterocycles. The molecule has 0 rings (SSSR count). The lowest BCUT2D eigenvalue weighted by Crippen LogP contribution is -2.30. The summed E-state index contributed by atoms with van der Waals surface area (Å²) >= 11 is 0. The van der Waals surface area contributed by atoms with Crippen LogP contribution in [0.2, 0.25) is 0 Å². The third-order valence-electron chi connectivity index (χ3n) is 12.4. The molecular formula is C58H106O6. The van der Waals surface area contributed by atoms with Gasteiger partial charge in [-0.1, -0.05) is 243 Å². The zero-order valence-electron chi connectivity index (χ0n) is 42.8. The Morgan fingerprint density at radius 1 is 0.328 bits per heavy atom. The van der Waals surface area contributed by atoms with Crippen LogP contribution in [0.15, 0.2) is 36.5 Å². The maximum Gasteiger partial charge on any atom is 0.306 e. The molecular weight excluding hydrogens is 793 g/mol. The fraction of sp³-hybridized carbons (Fsp3) is 0.845. The molecule has 0 aliphatic rings. The van der Waals surface area contributed by atoms with Crippen LogP contribution in [0, 0.1) is 0 Å². The summed E-state index contributed by atoms with van der Waals surface area (Å²) in [5, 5.41) is 0. The number of hydrogen-bond acceptors (Lipinski definition) is 6. The van der Waals surface area contributed by atoms with Gasteiger partial charge >= 0.3 is 17.9 Å². The lowest BCUT2D eigenvalue weighted by Gasteiger charge is -2.18. The highest BCUT2D eigenvalue weighted by Crippen LogP contribution is 2.16. The van der Waals surface area contributed by atoms with Gasteiger partial charge in [-0.3, -0.25) is 14.4 Å². The molecule has 0 aromatic carbocycles. The van der Waals surface area contributed by atoms with Gasteiger partial charge in [-0.05, 0) is 70.6 Å². The van der Waals surface area contributed by atoms with Crippen LogP contribution in [0.5, 0.6) is 0 Å². The van der Waals surface area contributed by atoms with Crippen LogP contribution in [0.3, 0.4) is 0 Å². The minimum atomic E-state index is -0.782. The van der Waals surface area contributed by atoms with E-state index in [-0.39, 0.29) is 31.1 Å². The molecule has 0 spiro atoms. The molecule has 0 aliphatic heterocycles. The third kappa shape index (κ3) is 50.6. The van der Waals surface area contributed by atoms with Crippen molar-refractivity contribution in [3.8, 4) is 0 Å². The van der Waals surface area contributed by atoms with E-state index in [1.165, 1.54) is 186 Å². The molecule has 0 radical (unpaired) electrons. The van der Waals surface area contributed by atoms with E-state index >= 15 is 0 Å². The lowest BCUT2D eigenvalue weighted by atomic mass is 10.0. The summed E-state index contributed by atoms with van der Waals surface area (Å²) in [5.41, 5.74) is 0. The Morgan fingerprint density at radius 2 is 0.609 bits per heavy atom. The first-order chi connectivity index (χ1) is 31.5. The van der Waals surface area contributed by atoms with Crippen molar-refractivity contribution in [1.82, 2.24) is 0 Å². The number of unbranched alkanes of at least 4 members (excludes halogenated alkanes) is 34. The maximum absolute atomic E-state index is 12.8. The highest BCUT2D eigenvalue weighted by molar-refractivity contribution is 5.71. The van der Waals surface area contributed by atoms with E-state index in [4.69, 9.17) is 14.2 Å². The predicted molar refractivity (Wildman–Crippen MR) is 275 cm³/mol. The summed E-state index contributed by atoms with van der Waals surface area (Å²) in [7, 11) is 0. The number of esters is 3. The summed E-state index contributed by atoms with van der Waals surface area (Å²) in [6, 6.07) is 0. The van der Waals surface area contributed by atoms with E-state index < -0.39 is 6.10 Å². The quantitative estimate of drug-likeness (QED) is 0.0262. The Labute approximate surface area is 397 Å². The van der Waals surface area contributed by atoms with Gasteiger partial charge in [0.25, 0.3) is 0 Å². The molecule has 0 saturated heterocycles. The summed E-state index contributed by atoms with van der Waals surface area (Å²) in [4.78, 5) is 38.0. The number of allylic oxidation sites excluding steroid dienone is 6. The van der Waals surface area contributed by atoms with Crippen molar-refractivity contribution in [1.29, 1.82) is 0 Å². The number of hydrogen-bond donors (Lipinski definition) is 0. The maximum atomic E-state index is 12.8. The molecule has 0 saturated carbocycles. The lowest BCUT2D eigenvalue weighted by molar-refractivity contribution is -0.167. The smallest absolute Gasteiger partial charge is 0.306 e. The Kier molecular flexibility index (Phi) is 51.3. The van der Waals surface area contributed by atoms with E-state index in [0.29, 0.717) is 19.3 Å². The molecule has 0 bridgehead atoms. The summed E-state index contributed by atoms with van der Waals surface area (Å²) in [6.45, 7) is 6.52. The van der Waals surface area contributed by atoms with E-state index in [0.717, 1.165) is 70.6 Å². The summed E-state index contributed by atoms with van der Waals surface area (Å²) in [5.74, 6) is -0.909. The topological polar surface area (TPSA) is 78.9 Å². The Morgan fingerprint density at radius 3 is 0.984 bits per heavy atom. The van der Waals surface area contributed by atoms with E-state index in [2.05, 4.69) is 57.2 Å². The first-order valence-corrected chi connectivity index (χ1v) is 28.0. The van der Waals surface area contributed by atoms with Gasteiger partial charge in [0.15, 0.2) is 6.10 Å². The van der Waals surface area contributed by atoms with Gasteiger partial charge < -0.3 is 14.2 Å². The van der Waals surface area contributed by atoms with Crippen molar-refractivity contribution in [2.75, 3.05) is 13.2 Å². The molecule has 1 unspecified atom stereocenters. The van der Waals surface area contributed by atoms with Crippen molar-refractivity contribution in [2.45, 2.75) is 303 Å². The van der Waals surface area contributed by atoms with Crippen LogP contribution >= 0.6 is 0 Å². The number of carbonyl (C=O) groups is 3. The number of rotatable bonds is 51. The Bertz CT molecular complexity index is 1080. The third-order valence-corrected chi connectivity index (χ3v) is 12.4. The Hall–Kier alpha value is -2.37. The monoisotopic (exact) mass is 899 g/mol. The summed E-state index contributed by atoms with van der Waals surface area (Å²) in [6.07, 6.45) is 63.0. The zero-order valence-corrected chi connectivity index (χ0v) is 42.8. The van der Waals surface area contributed by atoms with Gasteiger partial charge in [-0.25, -0.2) is 0 Å². The van der Waals surface area contributed by atoms with Crippen LogP contribution in [-0.4, -0.2) is 37.2 Å². The highest BCUT2D eigenvalue weighted by Gasteiger charge is 2.19. The Balaban J connectivity index is 4.26. The van der Waals surface area contributed by atoms with Gasteiger partial charge in [-0.2, -0.15) is 0 Å². The van der Waals surface area contributed by atoms with Crippen LogP contribution in [0.4, 0.5) is 0 Å². The standard InChI is InChI=1S/C58H106O6/c1-4-7-10-13-16-19-21-23-25-27-29-31-32-34-36-39-42-45-48-51-57(60)63-54-55(53-62-56(59)50-47-44-41-38-18-15-12-9-6-3)64-58(61)52-49-46-43-40-37-35-33-30-28-26-24-22-20-17-14-11-8-5-2/h9,12,18,27,29,38,55H,4-8,10-11,13-17,19-26,28,30-37,39-54H2,1-3H3/b12-9-,29-27-,38-18-. The van der Waals surface area contributed by atoms with Gasteiger partial charge in [0.05, 0.1) is 0 Å². The van der Waals surface area contributed by atoms with Gasteiger partial charge in [-0.15, -0.1) is 0 Å². The van der Waals surface area contributed by atoms with Crippen molar-refractivity contribution in [3.63, 3.8) is 0 Å². The van der Waals surface area contributed by atoms with Gasteiger partial charge in [0.2, 0.25) is 0 Å². The molecule has 0 aromatic rings. The molecule has 0 fully saturated rings. The van der Waals surface area contributed by atoms with Crippen molar-refractivity contribution >= 4 is 17.9 Å². The fourth-order valence-electron chi connectivity index (χ4n) is 8.18. The molecule has 0 amide bonds. The van der Waals surface area contributed by atoms with Crippen molar-refractivity contribution in [2.24, 2.45) is 0 Å². The van der Waals surface area contributed by atoms with E-state index in [9.17, 15) is 14.4 Å². The van der Waals surface area contributed by atoms with Crippen LogP contribution in [-0.2, 0) is 28.6 Å². The van der Waals surface area contributed by atoms with Crippen LogP contribution in [0.25, 0.3) is 0 Å². The first kappa shape index (κ1) is 61.6. The molecule has 0 aromatic heterocycles. The van der Waals surface area contributed by atoms with Gasteiger partial charge in [0.1, 0.15) is 13.2 Å². The average molecular weight is 899 g/mol. The van der Waals surface area contributed by atoms with E-state index in [1.54, 1.807) is 0 Å². The second-order valence-corrected chi connectivity index (χ2v) is 18.8. The average Bonchev–Trinajstić information content (AvgIpc) is 3.29. The fourth-order valence-corrected chi connectivity index (χ4v) is 8.18. The SMILES string of the molecule is CC/C=C\C/C=C\CCCCC(=O)OCC(COC(=O)CCCCCCCCC/C=C\CCCCCCCCCC)OC(=O)CCCCCCCCCCCCCCCCCCCC. The normalized spacial score (nSPS) is 12.2. The van der Waals surface area contributed by atoms with Crippen molar-refractivity contribution < 1.29 is 28.6 Å². The van der Waals surface area contributed by atoms with E-state index in [1.807, 2.05) is 0 Å². The molecule has 0 N–H and O–H groups in total. The second kappa shape index (κ2) is 53.2. The zero-order chi connectivity index (χ0) is 46.5. The second-order valence-electron chi connectivity index (χ2n) is 18.8. The molecule has 0 aliphatic carbocycles. The largest absolute Gasteiger partial charge is 0.462 e. The molecule has 6 nitrogen and oxygen atoms in total. The predicted octanol–water partition coefficient (Wildman–Crippen LogP) is 18.5. The first-order valence-electron chi connectivity index (χ1n) is 28.0. The van der Waals surface area contributed by atoms with Gasteiger partial charge in [0, 0.05) is 19.3 Å². The van der Waals surface area contributed by atoms with Crippen molar-refractivity contribution in [3.05, 3.63) is 36.5 Å². The highest BCUT2D eigenvalue weighted by atomic mass is 16.6. The minimum Gasteiger partial charge on any atom is -0.462 e. The number of carbonyl (C=O) groups excluding carboxylic acids is 3. The molecule has 64 heavy (non-hydrogen) atoms. The molecule has 374 valence electrons. The molecule has 6 heteroatoms. The number of ether oxygens (including phenoxy) is 3. The molecule has 1 atom stereocenters. The van der Waals surface area contributed by atoms with Crippen LogP contribution in [0.1, 0.15) is 297 Å². The minimum absolute atomic E-state index is 0.0815. The van der Waals surface area contributed by atoms with Crippen LogP contribution < -0.4 is 0 Å².